The van der Waals surface area contributed by atoms with Crippen molar-refractivity contribution in [2.75, 3.05) is 57.1 Å². The van der Waals surface area contributed by atoms with Gasteiger partial charge < -0.3 is 25.0 Å². The van der Waals surface area contributed by atoms with Crippen molar-refractivity contribution in [3.63, 3.8) is 0 Å². The molecule has 0 aliphatic heterocycles. The van der Waals surface area contributed by atoms with Crippen LogP contribution < -0.4 is 21.5 Å². The first-order valence-corrected chi connectivity index (χ1v) is 26.9. The molecule has 63 heavy (non-hydrogen) atoms. The molecule has 0 spiro atoms. The minimum atomic E-state index is -0.441. The predicted molar refractivity (Wildman–Crippen MR) is 269 cm³/mol. The number of carbonyl (C=O) groups excluding carboxylic acids is 2. The van der Waals surface area contributed by atoms with Gasteiger partial charge in [-0.1, -0.05) is 183 Å². The number of esters is 2. The van der Waals surface area contributed by atoms with E-state index in [9.17, 15) is 19.2 Å². The first-order valence-electron chi connectivity index (χ1n) is 26.9. The zero-order valence-electron chi connectivity index (χ0n) is 42.4. The van der Waals surface area contributed by atoms with Gasteiger partial charge in [-0.25, -0.2) is 0 Å². The van der Waals surface area contributed by atoms with Crippen LogP contribution in [-0.2, 0) is 19.1 Å². The SMILES string of the molecule is CCCCCCCCC(CCCC)COC(=O)C(C)CCCCCCN(CCCCCCC(C)C(=O)OCC(CCCC)CCCCCCCC)CCCNc1c(NC)c(=O)c1=O. The molecule has 368 valence electrons. The molecule has 2 N–H and O–H groups in total. The molecule has 0 fully saturated rings. The predicted octanol–water partition coefficient (Wildman–Crippen LogP) is 13.8. The number of unbranched alkanes of at least 4 members (excludes halogenated alkanes) is 18. The molecule has 0 radical (unpaired) electrons. The Morgan fingerprint density at radius 1 is 0.460 bits per heavy atom. The van der Waals surface area contributed by atoms with E-state index in [1.54, 1.807) is 7.05 Å². The molecule has 0 saturated heterocycles. The number of hydrogen-bond acceptors (Lipinski definition) is 9. The van der Waals surface area contributed by atoms with Gasteiger partial charge in [-0.3, -0.25) is 19.2 Å². The molecule has 1 aromatic carbocycles. The lowest BCUT2D eigenvalue weighted by molar-refractivity contribution is -0.150. The van der Waals surface area contributed by atoms with Crippen LogP contribution in [0.25, 0.3) is 0 Å². The number of carbonyl (C=O) groups is 2. The van der Waals surface area contributed by atoms with Gasteiger partial charge in [0.2, 0.25) is 0 Å². The zero-order chi connectivity index (χ0) is 46.3. The van der Waals surface area contributed by atoms with Gasteiger partial charge in [0.25, 0.3) is 10.9 Å². The quantitative estimate of drug-likeness (QED) is 0.0375. The van der Waals surface area contributed by atoms with Crippen LogP contribution in [0.4, 0.5) is 11.4 Å². The topological polar surface area (TPSA) is 114 Å². The van der Waals surface area contributed by atoms with Gasteiger partial charge >= 0.3 is 11.9 Å². The second-order valence-electron chi connectivity index (χ2n) is 19.4. The van der Waals surface area contributed by atoms with Gasteiger partial charge in [0.15, 0.2) is 0 Å². The van der Waals surface area contributed by atoms with E-state index in [4.69, 9.17) is 9.47 Å². The molecular formula is C54H101N3O6. The van der Waals surface area contributed by atoms with Crippen LogP contribution in [0.1, 0.15) is 241 Å². The maximum absolute atomic E-state index is 12.9. The number of rotatable bonds is 46. The molecule has 0 heterocycles. The van der Waals surface area contributed by atoms with E-state index in [2.05, 4.69) is 43.2 Å². The van der Waals surface area contributed by atoms with Crippen molar-refractivity contribution < 1.29 is 19.1 Å². The second kappa shape index (κ2) is 39.9. The Balaban J connectivity index is 2.46. The van der Waals surface area contributed by atoms with E-state index in [1.165, 1.54) is 116 Å². The Labute approximate surface area is 387 Å². The van der Waals surface area contributed by atoms with E-state index in [0.29, 0.717) is 43.0 Å². The van der Waals surface area contributed by atoms with Gasteiger partial charge in [-0.05, 0) is 89.3 Å². The highest BCUT2D eigenvalue weighted by atomic mass is 16.5. The molecule has 4 unspecified atom stereocenters. The molecular weight excluding hydrogens is 787 g/mol. The third kappa shape index (κ3) is 29.0. The third-order valence-corrected chi connectivity index (χ3v) is 13.4. The minimum absolute atomic E-state index is 0.0239. The lowest BCUT2D eigenvalue weighted by Gasteiger charge is -2.23. The van der Waals surface area contributed by atoms with Crippen molar-refractivity contribution in [2.24, 2.45) is 23.7 Å². The van der Waals surface area contributed by atoms with E-state index in [1.807, 2.05) is 13.8 Å². The molecule has 0 bridgehead atoms. The summed E-state index contributed by atoms with van der Waals surface area (Å²) < 4.78 is 11.8. The first-order chi connectivity index (χ1) is 30.6. The molecule has 0 amide bonds. The van der Waals surface area contributed by atoms with Gasteiger partial charge in [-0.15, -0.1) is 0 Å². The number of ether oxygens (including phenoxy) is 2. The maximum Gasteiger partial charge on any atom is 0.308 e. The highest BCUT2D eigenvalue weighted by Crippen LogP contribution is 2.22. The lowest BCUT2D eigenvalue weighted by Crippen LogP contribution is -2.37. The van der Waals surface area contributed by atoms with Gasteiger partial charge in [0, 0.05) is 13.6 Å². The van der Waals surface area contributed by atoms with Crippen molar-refractivity contribution in [2.45, 2.75) is 241 Å². The molecule has 1 aromatic rings. The highest BCUT2D eigenvalue weighted by molar-refractivity contribution is 5.73. The Hall–Kier alpha value is -2.42. The summed E-state index contributed by atoms with van der Waals surface area (Å²) in [6, 6.07) is 0. The van der Waals surface area contributed by atoms with E-state index < -0.39 is 10.9 Å². The summed E-state index contributed by atoms with van der Waals surface area (Å²) in [5.74, 6) is 0.838. The van der Waals surface area contributed by atoms with Gasteiger partial charge in [0.05, 0.1) is 25.0 Å². The summed E-state index contributed by atoms with van der Waals surface area (Å²) in [7, 11) is 1.67. The fraction of sp³-hybridized carbons (Fsp3) is 0.889. The zero-order valence-corrected chi connectivity index (χ0v) is 42.4. The van der Waals surface area contributed by atoms with Crippen LogP contribution in [0.15, 0.2) is 9.59 Å². The van der Waals surface area contributed by atoms with Gasteiger partial charge in [0.1, 0.15) is 11.4 Å². The fourth-order valence-corrected chi connectivity index (χ4v) is 8.88. The van der Waals surface area contributed by atoms with Gasteiger partial charge in [-0.2, -0.15) is 0 Å². The number of nitrogens with one attached hydrogen (secondary N) is 2. The monoisotopic (exact) mass is 888 g/mol. The summed E-state index contributed by atoms with van der Waals surface area (Å²) in [5, 5.41) is 6.03. The van der Waals surface area contributed by atoms with Crippen molar-refractivity contribution in [1.82, 2.24) is 4.90 Å². The molecule has 0 aromatic heterocycles. The molecule has 0 aliphatic carbocycles. The Morgan fingerprint density at radius 3 is 1.24 bits per heavy atom. The fourth-order valence-electron chi connectivity index (χ4n) is 8.88. The van der Waals surface area contributed by atoms with Crippen molar-refractivity contribution >= 4 is 23.3 Å². The van der Waals surface area contributed by atoms with E-state index in [0.717, 1.165) is 103 Å². The van der Waals surface area contributed by atoms with Crippen LogP contribution in [0.5, 0.6) is 0 Å². The summed E-state index contributed by atoms with van der Waals surface area (Å²) >= 11 is 0. The second-order valence-corrected chi connectivity index (χ2v) is 19.4. The number of nitrogens with zero attached hydrogens (tertiary/aromatic N) is 1. The highest BCUT2D eigenvalue weighted by Gasteiger charge is 2.20. The molecule has 0 saturated carbocycles. The van der Waals surface area contributed by atoms with Crippen LogP contribution in [0.2, 0.25) is 0 Å². The van der Waals surface area contributed by atoms with E-state index in [-0.39, 0.29) is 23.8 Å². The normalized spacial score (nSPS) is 13.6. The standard InChI is InChI=1S/C54H101N3O6/c1-8-12-16-18-20-28-37-47(35-14-10-3)43-62-53(60)45(5)33-26-22-24-30-40-57(42-32-39-56-50-49(55-7)51(58)52(50)59)41-31-25-23-27-34-46(6)54(61)63-44-48(36-15-11-4)38-29-21-19-17-13-9-2/h45-48,55-56H,8-44H2,1-7H3. The first kappa shape index (κ1) is 58.6. The Bertz CT molecular complexity index is 1250. The van der Waals surface area contributed by atoms with Crippen molar-refractivity contribution in [1.29, 1.82) is 0 Å². The third-order valence-electron chi connectivity index (χ3n) is 13.4. The van der Waals surface area contributed by atoms with Crippen LogP contribution in [0, 0.1) is 23.7 Å². The molecule has 9 nitrogen and oxygen atoms in total. The van der Waals surface area contributed by atoms with Crippen molar-refractivity contribution in [3.8, 4) is 0 Å². The summed E-state index contributed by atoms with van der Waals surface area (Å²) in [6.45, 7) is 17.9. The van der Waals surface area contributed by atoms with E-state index >= 15 is 0 Å². The lowest BCUT2D eigenvalue weighted by atomic mass is 9.95. The maximum atomic E-state index is 12.9. The van der Waals surface area contributed by atoms with Crippen LogP contribution in [-0.4, -0.2) is 63.3 Å². The molecule has 9 heteroatoms. The average Bonchev–Trinajstić information content (AvgIpc) is 3.29. The molecule has 0 aliphatic rings. The molecule has 1 rings (SSSR count). The smallest absolute Gasteiger partial charge is 0.308 e. The summed E-state index contributed by atoms with van der Waals surface area (Å²) in [4.78, 5) is 52.2. The largest absolute Gasteiger partial charge is 0.465 e. The van der Waals surface area contributed by atoms with Crippen LogP contribution in [0.3, 0.4) is 0 Å². The summed E-state index contributed by atoms with van der Waals surface area (Å²) in [6.07, 6.45) is 36.5. The average molecular weight is 888 g/mol. The van der Waals surface area contributed by atoms with Crippen molar-refractivity contribution in [3.05, 3.63) is 20.4 Å². The minimum Gasteiger partial charge on any atom is -0.465 e. The van der Waals surface area contributed by atoms with Crippen LogP contribution >= 0.6 is 0 Å². The summed E-state index contributed by atoms with van der Waals surface area (Å²) in [5.41, 5.74) is -0.0647. The number of hydrogen-bond donors (Lipinski definition) is 2. The number of anilines is 2. The Kier molecular flexibility index (Phi) is 37.1. The molecule has 4 atom stereocenters. The Morgan fingerprint density at radius 2 is 0.810 bits per heavy atom.